The molecular formula is C17H24N4OS. The van der Waals surface area contributed by atoms with Crippen LogP contribution in [0, 0.1) is 0 Å². The second kappa shape index (κ2) is 7.27. The molecule has 0 spiro atoms. The van der Waals surface area contributed by atoms with Crippen LogP contribution >= 0.6 is 11.3 Å². The van der Waals surface area contributed by atoms with Gasteiger partial charge in [-0.1, -0.05) is 6.07 Å². The van der Waals surface area contributed by atoms with Gasteiger partial charge in [-0.05, 0) is 56.8 Å². The van der Waals surface area contributed by atoms with Gasteiger partial charge in [-0.2, -0.15) is 5.10 Å². The van der Waals surface area contributed by atoms with Crippen LogP contribution in [0.4, 0.5) is 0 Å². The third-order valence-corrected chi connectivity index (χ3v) is 5.59. The summed E-state index contributed by atoms with van der Waals surface area (Å²) in [6.45, 7) is 5.28. The summed E-state index contributed by atoms with van der Waals surface area (Å²) < 4.78 is 1.88. The minimum Gasteiger partial charge on any atom is -0.341 e. The molecule has 0 bridgehead atoms. The first-order valence-corrected chi connectivity index (χ1v) is 9.17. The van der Waals surface area contributed by atoms with Crippen LogP contribution in [0.1, 0.15) is 24.6 Å². The molecule has 1 amide bonds. The molecule has 1 fully saturated rings. The molecule has 5 nitrogen and oxygen atoms in total. The van der Waals surface area contributed by atoms with Gasteiger partial charge in [-0.25, -0.2) is 0 Å². The Morgan fingerprint density at radius 2 is 2.26 bits per heavy atom. The highest BCUT2D eigenvalue weighted by Crippen LogP contribution is 2.29. The number of likely N-dealkylation sites (N-methyl/N-ethyl adjacent to an activating group) is 1. The summed E-state index contributed by atoms with van der Waals surface area (Å²) in [4.78, 5) is 16.7. The zero-order valence-corrected chi connectivity index (χ0v) is 14.4. The Hall–Kier alpha value is -1.66. The van der Waals surface area contributed by atoms with E-state index < -0.39 is 5.54 Å². The van der Waals surface area contributed by atoms with Gasteiger partial charge in [0, 0.05) is 30.4 Å². The van der Waals surface area contributed by atoms with Crippen LogP contribution in [-0.2, 0) is 16.8 Å². The lowest BCUT2D eigenvalue weighted by molar-refractivity contribution is -0.143. The number of carbonyl (C=O) groups is 1. The molecule has 3 heterocycles. The molecular weight excluding hydrogens is 308 g/mol. The zero-order valence-electron chi connectivity index (χ0n) is 13.6. The molecule has 2 aromatic heterocycles. The number of carbonyl (C=O) groups excluding carboxylic acids is 1. The minimum atomic E-state index is -0.528. The number of piperidine rings is 1. The molecule has 3 rings (SSSR count). The molecule has 124 valence electrons. The van der Waals surface area contributed by atoms with Crippen LogP contribution in [-0.4, -0.2) is 46.8 Å². The summed E-state index contributed by atoms with van der Waals surface area (Å²) in [6, 6.07) is 6.10. The summed E-state index contributed by atoms with van der Waals surface area (Å²) in [5, 5.41) is 9.85. The first-order valence-electron chi connectivity index (χ1n) is 8.29. The third-order valence-electron chi connectivity index (χ3n) is 4.65. The molecule has 1 aliphatic rings. The first-order chi connectivity index (χ1) is 11.3. The van der Waals surface area contributed by atoms with Gasteiger partial charge < -0.3 is 10.2 Å². The normalized spacial score (nSPS) is 17.1. The van der Waals surface area contributed by atoms with Gasteiger partial charge in [0.15, 0.2) is 0 Å². The van der Waals surface area contributed by atoms with E-state index in [0.29, 0.717) is 0 Å². The van der Waals surface area contributed by atoms with Gasteiger partial charge in [0.05, 0.1) is 0 Å². The summed E-state index contributed by atoms with van der Waals surface area (Å²) in [6.07, 6.45) is 6.20. The average Bonchev–Trinajstić information content (AvgIpc) is 3.29. The molecule has 1 saturated heterocycles. The molecule has 0 unspecified atom stereocenters. The minimum absolute atomic E-state index is 0.210. The van der Waals surface area contributed by atoms with Crippen LogP contribution in [0.5, 0.6) is 0 Å². The Morgan fingerprint density at radius 1 is 1.43 bits per heavy atom. The Morgan fingerprint density at radius 3 is 2.87 bits per heavy atom. The van der Waals surface area contributed by atoms with Crippen molar-refractivity contribution in [2.75, 3.05) is 26.2 Å². The summed E-state index contributed by atoms with van der Waals surface area (Å²) in [5.41, 5.74) is -0.528. The smallest absolute Gasteiger partial charge is 0.250 e. The summed E-state index contributed by atoms with van der Waals surface area (Å²) >= 11 is 1.75. The standard InChI is InChI=1S/C17H24N4OS/c1-2-20(13-6-15-5-3-14-23-15)16(22)17(7-10-18-11-8-17)21-12-4-9-19-21/h3-5,9,12,14,18H,2,6-8,10-11,13H2,1H3. The molecule has 2 aromatic rings. The van der Waals surface area contributed by atoms with Crippen LogP contribution in [0.3, 0.4) is 0 Å². The summed E-state index contributed by atoms with van der Waals surface area (Å²) in [5.74, 6) is 0.210. The van der Waals surface area contributed by atoms with Crippen molar-refractivity contribution in [1.82, 2.24) is 20.0 Å². The predicted molar refractivity (Wildman–Crippen MR) is 92.6 cm³/mol. The largest absolute Gasteiger partial charge is 0.341 e. The summed E-state index contributed by atoms with van der Waals surface area (Å²) in [7, 11) is 0. The predicted octanol–water partition coefficient (Wildman–Crippen LogP) is 2.11. The van der Waals surface area contributed by atoms with Crippen LogP contribution in [0.25, 0.3) is 0 Å². The lowest BCUT2D eigenvalue weighted by atomic mass is 9.86. The molecule has 0 radical (unpaired) electrons. The second-order valence-corrected chi connectivity index (χ2v) is 6.98. The lowest BCUT2D eigenvalue weighted by Crippen LogP contribution is -2.56. The SMILES string of the molecule is CCN(CCc1cccs1)C(=O)C1(n2cccn2)CCNCC1. The van der Waals surface area contributed by atoms with E-state index >= 15 is 0 Å². The Bertz CT molecular complexity index is 603. The maximum absolute atomic E-state index is 13.3. The molecule has 0 aromatic carbocycles. The first kappa shape index (κ1) is 16.2. The van der Waals surface area contributed by atoms with E-state index in [0.717, 1.165) is 45.4 Å². The molecule has 1 N–H and O–H groups in total. The molecule has 23 heavy (non-hydrogen) atoms. The number of amides is 1. The van der Waals surface area contributed by atoms with Crippen LogP contribution in [0.15, 0.2) is 36.0 Å². The van der Waals surface area contributed by atoms with E-state index in [2.05, 4.69) is 34.9 Å². The second-order valence-electron chi connectivity index (χ2n) is 5.95. The van der Waals surface area contributed by atoms with Crippen molar-refractivity contribution in [3.05, 3.63) is 40.8 Å². The average molecular weight is 332 g/mol. The van der Waals surface area contributed by atoms with E-state index in [1.807, 2.05) is 21.8 Å². The zero-order chi connectivity index (χ0) is 16.1. The Kier molecular flexibility index (Phi) is 5.13. The highest BCUT2D eigenvalue weighted by Gasteiger charge is 2.43. The molecule has 1 aliphatic heterocycles. The highest BCUT2D eigenvalue weighted by molar-refractivity contribution is 7.09. The van der Waals surface area contributed by atoms with Crippen molar-refractivity contribution in [1.29, 1.82) is 0 Å². The number of nitrogens with one attached hydrogen (secondary N) is 1. The van der Waals surface area contributed by atoms with Crippen molar-refractivity contribution < 1.29 is 4.79 Å². The number of hydrogen-bond acceptors (Lipinski definition) is 4. The quantitative estimate of drug-likeness (QED) is 0.881. The number of hydrogen-bond donors (Lipinski definition) is 1. The van der Waals surface area contributed by atoms with Crippen LogP contribution < -0.4 is 5.32 Å². The van der Waals surface area contributed by atoms with E-state index in [9.17, 15) is 4.79 Å². The van der Waals surface area contributed by atoms with Crippen molar-refractivity contribution in [3.63, 3.8) is 0 Å². The van der Waals surface area contributed by atoms with E-state index in [4.69, 9.17) is 0 Å². The topological polar surface area (TPSA) is 50.2 Å². The van der Waals surface area contributed by atoms with Crippen molar-refractivity contribution in [2.45, 2.75) is 31.7 Å². The Balaban J connectivity index is 1.78. The number of thiophene rings is 1. The highest BCUT2D eigenvalue weighted by atomic mass is 32.1. The van der Waals surface area contributed by atoms with Crippen molar-refractivity contribution in [2.24, 2.45) is 0 Å². The van der Waals surface area contributed by atoms with Gasteiger partial charge in [0.2, 0.25) is 0 Å². The third kappa shape index (κ3) is 3.33. The number of aromatic nitrogens is 2. The van der Waals surface area contributed by atoms with Gasteiger partial charge >= 0.3 is 0 Å². The molecule has 0 atom stereocenters. The van der Waals surface area contributed by atoms with E-state index in [1.165, 1.54) is 4.88 Å². The monoisotopic (exact) mass is 332 g/mol. The van der Waals surface area contributed by atoms with Crippen LogP contribution in [0.2, 0.25) is 0 Å². The lowest BCUT2D eigenvalue weighted by Gasteiger charge is -2.40. The molecule has 0 saturated carbocycles. The van der Waals surface area contributed by atoms with Crippen molar-refractivity contribution >= 4 is 17.2 Å². The molecule has 0 aliphatic carbocycles. The van der Waals surface area contributed by atoms with Gasteiger partial charge in [-0.15, -0.1) is 11.3 Å². The fraction of sp³-hybridized carbons (Fsp3) is 0.529. The Labute approximate surface area is 141 Å². The maximum Gasteiger partial charge on any atom is 0.250 e. The number of rotatable bonds is 6. The van der Waals surface area contributed by atoms with Gasteiger partial charge in [-0.3, -0.25) is 9.48 Å². The maximum atomic E-state index is 13.3. The fourth-order valence-electron chi connectivity index (χ4n) is 3.30. The van der Waals surface area contributed by atoms with E-state index in [1.54, 1.807) is 17.5 Å². The molecule has 6 heteroatoms. The fourth-order valence-corrected chi connectivity index (χ4v) is 4.00. The van der Waals surface area contributed by atoms with E-state index in [-0.39, 0.29) is 5.91 Å². The van der Waals surface area contributed by atoms with Gasteiger partial charge in [0.1, 0.15) is 5.54 Å². The van der Waals surface area contributed by atoms with Gasteiger partial charge in [0.25, 0.3) is 5.91 Å². The van der Waals surface area contributed by atoms with Crippen molar-refractivity contribution in [3.8, 4) is 0 Å². The number of nitrogens with zero attached hydrogens (tertiary/aromatic N) is 3.